The Morgan fingerprint density at radius 1 is 1.57 bits per heavy atom. The molecule has 1 saturated heterocycles. The summed E-state index contributed by atoms with van der Waals surface area (Å²) in [5.41, 5.74) is 2.54. The lowest BCUT2D eigenvalue weighted by molar-refractivity contribution is -0.144. The van der Waals surface area contributed by atoms with Crippen molar-refractivity contribution in [3.05, 3.63) is 16.1 Å². The van der Waals surface area contributed by atoms with Gasteiger partial charge < -0.3 is 5.11 Å². The monoisotopic (exact) mass is 332 g/mol. The third kappa shape index (κ3) is 3.61. The first-order valence-corrected chi connectivity index (χ1v) is 9.43. The molecule has 1 aromatic rings. The Morgan fingerprint density at radius 3 is 2.86 bits per heavy atom. The zero-order valence-corrected chi connectivity index (χ0v) is 13.8. The van der Waals surface area contributed by atoms with Gasteiger partial charge in [-0.25, -0.2) is 13.4 Å². The minimum atomic E-state index is -3.57. The molecule has 0 spiro atoms. The number of aromatic nitrogens is 1. The lowest BCUT2D eigenvalue weighted by Crippen LogP contribution is -2.52. The second kappa shape index (κ2) is 6.41. The molecule has 118 valence electrons. The average Bonchev–Trinajstić information content (AvgIpc) is 2.81. The Labute approximate surface area is 128 Å². The molecule has 2 heterocycles. The summed E-state index contributed by atoms with van der Waals surface area (Å²) in [5, 5.41) is 9.32. The van der Waals surface area contributed by atoms with Crippen LogP contribution in [0, 0.1) is 12.8 Å². The first-order chi connectivity index (χ1) is 9.83. The highest BCUT2D eigenvalue weighted by molar-refractivity contribution is 7.89. The molecule has 0 amide bonds. The second-order valence-corrected chi connectivity index (χ2v) is 8.42. The maximum absolute atomic E-state index is 12.5. The number of carboxylic acid groups (broad SMARTS) is 1. The van der Waals surface area contributed by atoms with Crippen LogP contribution >= 0.6 is 11.3 Å². The Bertz CT molecular complexity index is 611. The Hall–Kier alpha value is -0.990. The molecular weight excluding hydrogens is 312 g/mol. The van der Waals surface area contributed by atoms with Gasteiger partial charge >= 0.3 is 5.97 Å². The van der Waals surface area contributed by atoms with Crippen molar-refractivity contribution in [2.75, 3.05) is 12.3 Å². The molecule has 1 aliphatic rings. The van der Waals surface area contributed by atoms with Crippen molar-refractivity contribution in [3.8, 4) is 0 Å². The van der Waals surface area contributed by atoms with E-state index in [4.69, 9.17) is 0 Å². The normalized spacial score (nSPS) is 24.1. The van der Waals surface area contributed by atoms with Crippen LogP contribution in [0.3, 0.4) is 0 Å². The summed E-state index contributed by atoms with van der Waals surface area (Å²) in [6, 6.07) is -0.939. The Balaban J connectivity index is 2.13. The van der Waals surface area contributed by atoms with E-state index in [-0.39, 0.29) is 11.7 Å². The highest BCUT2D eigenvalue weighted by Gasteiger charge is 2.40. The van der Waals surface area contributed by atoms with Gasteiger partial charge in [-0.05, 0) is 32.1 Å². The summed E-state index contributed by atoms with van der Waals surface area (Å²) in [6.45, 7) is 3.95. The Morgan fingerprint density at radius 2 is 2.29 bits per heavy atom. The minimum Gasteiger partial charge on any atom is -0.480 e. The first-order valence-electron chi connectivity index (χ1n) is 6.94. The zero-order valence-electron chi connectivity index (χ0n) is 12.2. The lowest BCUT2D eigenvalue weighted by atomic mass is 9.93. The van der Waals surface area contributed by atoms with Crippen molar-refractivity contribution < 1.29 is 18.3 Å². The van der Waals surface area contributed by atoms with Gasteiger partial charge in [-0.1, -0.05) is 6.92 Å². The van der Waals surface area contributed by atoms with Crippen LogP contribution in [0.1, 0.15) is 30.3 Å². The molecule has 0 unspecified atom stereocenters. The van der Waals surface area contributed by atoms with Gasteiger partial charge in [0.05, 0.1) is 17.0 Å². The highest BCUT2D eigenvalue weighted by Crippen LogP contribution is 2.27. The van der Waals surface area contributed by atoms with E-state index in [0.29, 0.717) is 19.4 Å². The molecule has 0 saturated carbocycles. The third-order valence-electron chi connectivity index (χ3n) is 3.93. The largest absolute Gasteiger partial charge is 0.480 e. The second-order valence-electron chi connectivity index (χ2n) is 5.44. The predicted octanol–water partition coefficient (Wildman–Crippen LogP) is 1.51. The molecular formula is C13H20N2O4S2. The topological polar surface area (TPSA) is 87.6 Å². The molecule has 8 heteroatoms. The number of hydrogen-bond donors (Lipinski definition) is 1. The fraction of sp³-hybridized carbons (Fsp3) is 0.692. The van der Waals surface area contributed by atoms with E-state index >= 15 is 0 Å². The van der Waals surface area contributed by atoms with E-state index in [1.54, 1.807) is 12.4 Å². The van der Waals surface area contributed by atoms with E-state index in [9.17, 15) is 18.3 Å². The Kier molecular flexibility index (Phi) is 5.00. The maximum atomic E-state index is 12.5. The van der Waals surface area contributed by atoms with Crippen LogP contribution in [0.2, 0.25) is 0 Å². The molecule has 1 aliphatic heterocycles. The molecule has 6 nitrogen and oxygen atoms in total. The highest BCUT2D eigenvalue weighted by atomic mass is 32.2. The van der Waals surface area contributed by atoms with Crippen LogP contribution in [0.25, 0.3) is 0 Å². The summed E-state index contributed by atoms with van der Waals surface area (Å²) in [6.07, 6.45) is 1.84. The molecule has 21 heavy (non-hydrogen) atoms. The molecule has 2 rings (SSSR count). The van der Waals surface area contributed by atoms with E-state index in [2.05, 4.69) is 4.98 Å². The van der Waals surface area contributed by atoms with Crippen molar-refractivity contribution in [2.24, 2.45) is 5.92 Å². The number of thiazole rings is 1. The van der Waals surface area contributed by atoms with Crippen LogP contribution in [-0.2, 0) is 21.2 Å². The number of aryl methyl sites for hydroxylation is 2. The van der Waals surface area contributed by atoms with Crippen molar-refractivity contribution in [3.63, 3.8) is 0 Å². The number of sulfonamides is 1. The molecule has 0 aromatic carbocycles. The van der Waals surface area contributed by atoms with Crippen LogP contribution in [0.5, 0.6) is 0 Å². The minimum absolute atomic E-state index is 0.0630. The van der Waals surface area contributed by atoms with Gasteiger partial charge in [0.25, 0.3) is 0 Å². The summed E-state index contributed by atoms with van der Waals surface area (Å²) in [7, 11) is -3.57. The van der Waals surface area contributed by atoms with Gasteiger partial charge in [-0.15, -0.1) is 11.3 Å². The smallest absolute Gasteiger partial charge is 0.322 e. The number of nitrogens with zero attached hydrogens (tertiary/aromatic N) is 2. The van der Waals surface area contributed by atoms with Crippen LogP contribution in [0.15, 0.2) is 5.51 Å². The van der Waals surface area contributed by atoms with Gasteiger partial charge in [-0.3, -0.25) is 4.79 Å². The van der Waals surface area contributed by atoms with Crippen molar-refractivity contribution in [1.82, 2.24) is 9.29 Å². The molecule has 1 aromatic heterocycles. The quantitative estimate of drug-likeness (QED) is 0.883. The standard InChI is InChI=1S/C13H20N2O4S2/c1-9-4-3-6-15(12(9)13(16)17)21(18,19)7-5-11-10(2)14-8-20-11/h8-9,12H,3-7H2,1-2H3,(H,16,17)/t9-,12-/m0/s1. The summed E-state index contributed by atoms with van der Waals surface area (Å²) < 4.78 is 26.2. The predicted molar refractivity (Wildman–Crippen MR) is 80.9 cm³/mol. The van der Waals surface area contributed by atoms with Crippen LogP contribution < -0.4 is 0 Å². The van der Waals surface area contributed by atoms with Gasteiger partial charge in [-0.2, -0.15) is 4.31 Å². The molecule has 1 fully saturated rings. The number of rotatable bonds is 5. The van der Waals surface area contributed by atoms with E-state index in [1.807, 2.05) is 6.92 Å². The molecule has 1 N–H and O–H groups in total. The number of carbonyl (C=O) groups is 1. The molecule has 0 radical (unpaired) electrons. The van der Waals surface area contributed by atoms with E-state index in [0.717, 1.165) is 17.0 Å². The average molecular weight is 332 g/mol. The van der Waals surface area contributed by atoms with Gasteiger partial charge in [0, 0.05) is 11.4 Å². The third-order valence-corrected chi connectivity index (χ3v) is 6.77. The summed E-state index contributed by atoms with van der Waals surface area (Å²) in [5.74, 6) is -1.28. The number of aliphatic carboxylic acids is 1. The number of carboxylic acids is 1. The van der Waals surface area contributed by atoms with Gasteiger partial charge in [0.1, 0.15) is 6.04 Å². The fourth-order valence-electron chi connectivity index (χ4n) is 2.73. The van der Waals surface area contributed by atoms with E-state index in [1.165, 1.54) is 15.6 Å². The first kappa shape index (κ1) is 16.4. The summed E-state index contributed by atoms with van der Waals surface area (Å²) in [4.78, 5) is 16.4. The fourth-order valence-corrected chi connectivity index (χ4v) is 5.39. The van der Waals surface area contributed by atoms with Crippen molar-refractivity contribution >= 4 is 27.3 Å². The molecule has 0 aliphatic carbocycles. The van der Waals surface area contributed by atoms with Crippen LogP contribution in [-0.4, -0.2) is 47.1 Å². The SMILES string of the molecule is Cc1ncsc1CCS(=O)(=O)N1CCC[C@H](C)[C@H]1C(=O)O. The maximum Gasteiger partial charge on any atom is 0.322 e. The number of piperidine rings is 1. The van der Waals surface area contributed by atoms with Crippen molar-refractivity contribution in [2.45, 2.75) is 39.2 Å². The lowest BCUT2D eigenvalue weighted by Gasteiger charge is -2.36. The molecule has 2 atom stereocenters. The van der Waals surface area contributed by atoms with Crippen molar-refractivity contribution in [1.29, 1.82) is 0 Å². The van der Waals surface area contributed by atoms with Gasteiger partial charge in [0.2, 0.25) is 10.0 Å². The van der Waals surface area contributed by atoms with E-state index < -0.39 is 22.0 Å². The summed E-state index contributed by atoms with van der Waals surface area (Å²) >= 11 is 1.43. The zero-order chi connectivity index (χ0) is 15.6. The van der Waals surface area contributed by atoms with Crippen LogP contribution in [0.4, 0.5) is 0 Å². The molecule has 0 bridgehead atoms. The van der Waals surface area contributed by atoms with Gasteiger partial charge in [0.15, 0.2) is 0 Å². The number of hydrogen-bond acceptors (Lipinski definition) is 5.